The molecule has 354 valence electrons. The topological polar surface area (TPSA) is 210 Å². The minimum Gasteiger partial charge on any atom is -0.490 e. The first kappa shape index (κ1) is 48.6. The number of β-lactam (4-membered cyclic amide) rings is 1. The molecule has 2 aliphatic rings. The average Bonchev–Trinajstić information content (AvgIpc) is 3.76. The quantitative estimate of drug-likeness (QED) is 0.0175. The summed E-state index contributed by atoms with van der Waals surface area (Å²) in [4.78, 5) is 52.0. The minimum atomic E-state index is -5.02. The second-order valence-corrected chi connectivity index (χ2v) is 19.4. The third-order valence-corrected chi connectivity index (χ3v) is 12.3. The van der Waals surface area contributed by atoms with Crippen LogP contribution in [0.3, 0.4) is 0 Å². The second kappa shape index (κ2) is 20.6. The van der Waals surface area contributed by atoms with Crippen LogP contribution in [0.25, 0.3) is 0 Å². The van der Waals surface area contributed by atoms with E-state index < -0.39 is 51.0 Å². The molecule has 3 amide bonds. The fraction of sp³-hybridized carbons (Fsp3) is 0.354. The van der Waals surface area contributed by atoms with Crippen LogP contribution in [0, 0.1) is 0 Å². The average molecular weight is 954 g/mol. The Kier molecular flexibility index (Phi) is 15.0. The molecule has 4 N–H and O–H groups in total. The number of hydroxylamine groups is 2. The van der Waals surface area contributed by atoms with Gasteiger partial charge < -0.3 is 30.3 Å². The van der Waals surface area contributed by atoms with Gasteiger partial charge in [0, 0.05) is 31.6 Å². The summed E-state index contributed by atoms with van der Waals surface area (Å²) in [5, 5.41) is 15.9. The number of amides is 3. The number of hydrogen-bond donors (Lipinski definition) is 4. The zero-order valence-corrected chi connectivity index (χ0v) is 39.6. The van der Waals surface area contributed by atoms with E-state index in [-0.39, 0.29) is 24.6 Å². The number of fused-ring (bicyclic) bond motifs is 1. The minimum absolute atomic E-state index is 0.0584. The smallest absolute Gasteiger partial charge is 0.418 e. The normalized spacial score (nSPS) is 16.3. The van der Waals surface area contributed by atoms with Crippen LogP contribution in [0.15, 0.2) is 120 Å². The van der Waals surface area contributed by atoms with Gasteiger partial charge in [-0.2, -0.15) is 13.5 Å². The molecule has 3 heterocycles. The summed E-state index contributed by atoms with van der Waals surface area (Å²) in [5.41, 5.74) is 2.20. The number of rotatable bonds is 19. The molecule has 0 unspecified atom stereocenters. The lowest BCUT2D eigenvalue weighted by Crippen LogP contribution is -2.76. The van der Waals surface area contributed by atoms with Crippen molar-refractivity contribution < 1.29 is 45.9 Å². The van der Waals surface area contributed by atoms with Crippen molar-refractivity contribution in [1.82, 2.24) is 25.6 Å². The van der Waals surface area contributed by atoms with Crippen molar-refractivity contribution in [2.24, 2.45) is 5.16 Å². The van der Waals surface area contributed by atoms with E-state index in [2.05, 4.69) is 30.3 Å². The number of nitrogens with one attached hydrogen (secondary N) is 3. The van der Waals surface area contributed by atoms with Gasteiger partial charge in [0.2, 0.25) is 0 Å². The predicted octanol–water partition coefficient (Wildman–Crippen LogP) is 6.46. The number of anilines is 1. The molecular formula is C48H55N7O10S2. The van der Waals surface area contributed by atoms with E-state index in [4.69, 9.17) is 19.3 Å². The highest BCUT2D eigenvalue weighted by Gasteiger charge is 2.58. The van der Waals surface area contributed by atoms with Crippen molar-refractivity contribution in [2.75, 3.05) is 38.2 Å². The van der Waals surface area contributed by atoms with Gasteiger partial charge in [0.05, 0.1) is 5.54 Å². The Bertz CT molecular complexity index is 2560. The van der Waals surface area contributed by atoms with Crippen LogP contribution < -0.4 is 20.7 Å². The molecule has 0 radical (unpaired) electrons. The van der Waals surface area contributed by atoms with E-state index in [0.29, 0.717) is 22.5 Å². The van der Waals surface area contributed by atoms with E-state index >= 15 is 0 Å². The number of hydrogen-bond acceptors (Lipinski definition) is 14. The Balaban J connectivity index is 1.05. The van der Waals surface area contributed by atoms with Crippen molar-refractivity contribution in [3.63, 3.8) is 0 Å². The first-order valence-corrected chi connectivity index (χ1v) is 24.0. The lowest BCUT2D eigenvalue weighted by molar-refractivity contribution is -0.218. The molecule has 2 aliphatic heterocycles. The third-order valence-electron chi connectivity index (χ3n) is 11.2. The first-order valence-electron chi connectivity index (χ1n) is 21.8. The van der Waals surface area contributed by atoms with Gasteiger partial charge in [-0.05, 0) is 87.4 Å². The molecule has 67 heavy (non-hydrogen) atoms. The van der Waals surface area contributed by atoms with Crippen LogP contribution >= 0.6 is 11.3 Å². The van der Waals surface area contributed by atoms with E-state index in [1.54, 1.807) is 5.38 Å². The standard InChI is InChI=1S/C48H55N7O10S2/c1-46(2,3)64-45(58)49-25-15-26-54-27-24-33-30-38(23-22-34(33)31-54)62-28-29-63-53-40(42(56)51-41-43(57)55(47(41,4)5)65-67(59,60)61)39-32-66-44(50-39)52-48(35-16-9-6-10-17-35,36-18-11-7-12-19-36)37-20-13-8-14-21-37/h6-14,16-23,30,32,41H,15,24-29,31H2,1-5H3,(H,49,58)(H,50,52)(H,51,56)(H,59,60,61)/b53-40-/t41-/m1/s1. The summed E-state index contributed by atoms with van der Waals surface area (Å²) in [5.74, 6) is -1.09. The van der Waals surface area contributed by atoms with Gasteiger partial charge in [-0.3, -0.25) is 19.0 Å². The lowest BCUT2D eigenvalue weighted by atomic mass is 9.77. The third kappa shape index (κ3) is 12.0. The summed E-state index contributed by atoms with van der Waals surface area (Å²) in [6.07, 6.45) is 1.21. The van der Waals surface area contributed by atoms with E-state index in [0.717, 1.165) is 49.2 Å². The zero-order chi connectivity index (χ0) is 47.8. The van der Waals surface area contributed by atoms with E-state index in [9.17, 15) is 27.4 Å². The van der Waals surface area contributed by atoms with Gasteiger partial charge in [-0.25, -0.2) is 9.78 Å². The summed E-state index contributed by atoms with van der Waals surface area (Å²) >= 11 is 1.24. The molecule has 5 aromatic rings. The monoisotopic (exact) mass is 953 g/mol. The highest BCUT2D eigenvalue weighted by Crippen LogP contribution is 2.41. The zero-order valence-electron chi connectivity index (χ0n) is 37.9. The lowest BCUT2D eigenvalue weighted by Gasteiger charge is -2.50. The summed E-state index contributed by atoms with van der Waals surface area (Å²) in [6.45, 7) is 11.4. The van der Waals surface area contributed by atoms with Crippen molar-refractivity contribution in [3.05, 3.63) is 148 Å². The van der Waals surface area contributed by atoms with Gasteiger partial charge in [0.1, 0.15) is 35.2 Å². The number of carbonyl (C=O) groups excluding carboxylic acids is 3. The molecule has 1 fully saturated rings. The van der Waals surface area contributed by atoms with Crippen molar-refractivity contribution in [3.8, 4) is 5.75 Å². The predicted molar refractivity (Wildman–Crippen MR) is 253 cm³/mol. The Hall–Kier alpha value is -6.38. The molecule has 4 aromatic carbocycles. The number of benzene rings is 4. The summed E-state index contributed by atoms with van der Waals surface area (Å²) < 4.78 is 48.0. The van der Waals surface area contributed by atoms with E-state index in [1.165, 1.54) is 36.3 Å². The number of alkyl carbamates (subject to hydrolysis) is 1. The van der Waals surface area contributed by atoms with Gasteiger partial charge in [0.25, 0.3) is 11.8 Å². The Morgan fingerprint density at radius 1 is 0.910 bits per heavy atom. The molecule has 1 aromatic heterocycles. The summed E-state index contributed by atoms with van der Waals surface area (Å²) in [6, 6.07) is 34.5. The SMILES string of the molecule is CC(C)(C)OC(=O)NCCCN1CCc2cc(OCCO/N=C(\C(=O)N[C@@H]3C(=O)N(OS(=O)(=O)O)C3(C)C)c3csc(NC(c4ccccc4)(c4ccccc4)c4ccccc4)n3)ccc2C1. The first-order chi connectivity index (χ1) is 31.9. The Labute approximate surface area is 394 Å². The molecule has 0 aliphatic carbocycles. The number of aromatic nitrogens is 1. The van der Waals surface area contributed by atoms with Crippen LogP contribution in [-0.2, 0) is 52.4 Å². The van der Waals surface area contributed by atoms with Crippen molar-refractivity contribution in [1.29, 1.82) is 0 Å². The van der Waals surface area contributed by atoms with Gasteiger partial charge in [-0.15, -0.1) is 15.6 Å². The molecular weight excluding hydrogens is 899 g/mol. The number of oxime groups is 1. The maximum atomic E-state index is 14.1. The fourth-order valence-corrected chi connectivity index (χ4v) is 9.19. The maximum absolute atomic E-state index is 14.1. The molecule has 19 heteroatoms. The number of thiazole rings is 1. The molecule has 0 saturated carbocycles. The highest BCUT2D eigenvalue weighted by molar-refractivity contribution is 7.80. The van der Waals surface area contributed by atoms with Crippen LogP contribution in [0.2, 0.25) is 0 Å². The number of carbonyl (C=O) groups is 3. The number of nitrogens with zero attached hydrogens (tertiary/aromatic N) is 4. The molecule has 1 saturated heterocycles. The van der Waals surface area contributed by atoms with Crippen LogP contribution in [-0.4, -0.2) is 102 Å². The molecule has 7 rings (SSSR count). The molecule has 0 spiro atoms. The Morgan fingerprint density at radius 2 is 1.54 bits per heavy atom. The maximum Gasteiger partial charge on any atom is 0.418 e. The van der Waals surface area contributed by atoms with Gasteiger partial charge in [-0.1, -0.05) is 102 Å². The van der Waals surface area contributed by atoms with Crippen LogP contribution in [0.5, 0.6) is 5.75 Å². The highest BCUT2D eigenvalue weighted by atomic mass is 32.3. The molecule has 0 bridgehead atoms. The van der Waals surface area contributed by atoms with Crippen LogP contribution in [0.1, 0.15) is 74.6 Å². The molecule has 17 nitrogen and oxygen atoms in total. The second-order valence-electron chi connectivity index (χ2n) is 17.6. The molecule has 1 atom stereocenters. The van der Waals surface area contributed by atoms with Gasteiger partial charge in [0.15, 0.2) is 17.5 Å². The Morgan fingerprint density at radius 3 is 2.12 bits per heavy atom. The number of ether oxygens (including phenoxy) is 2. The summed E-state index contributed by atoms with van der Waals surface area (Å²) in [7, 11) is -5.02. The van der Waals surface area contributed by atoms with Gasteiger partial charge >= 0.3 is 16.5 Å². The van der Waals surface area contributed by atoms with E-state index in [1.807, 2.05) is 130 Å². The van der Waals surface area contributed by atoms with Crippen LogP contribution in [0.4, 0.5) is 9.93 Å². The van der Waals surface area contributed by atoms with Crippen molar-refractivity contribution in [2.45, 2.75) is 76.7 Å². The van der Waals surface area contributed by atoms with Crippen molar-refractivity contribution >= 4 is 50.5 Å². The fourth-order valence-electron chi connectivity index (χ4n) is 7.99. The largest absolute Gasteiger partial charge is 0.490 e.